The second-order valence-corrected chi connectivity index (χ2v) is 2.86. The van der Waals surface area contributed by atoms with Crippen LogP contribution in [0.4, 0.5) is 0 Å². The number of hydrogen-bond donors (Lipinski definition) is 2. The zero-order valence-corrected chi connectivity index (χ0v) is 7.34. The Hall–Kier alpha value is -1.95. The molecule has 2 rings (SSSR count). The van der Waals surface area contributed by atoms with Crippen molar-refractivity contribution >= 4 is 11.6 Å². The van der Waals surface area contributed by atoms with Gasteiger partial charge >= 0.3 is 0 Å². The van der Waals surface area contributed by atoms with Gasteiger partial charge in [0.05, 0.1) is 6.20 Å². The third-order valence-corrected chi connectivity index (χ3v) is 1.91. The molecule has 0 aliphatic rings. The van der Waals surface area contributed by atoms with Crippen LogP contribution in [0.25, 0.3) is 5.65 Å². The molecule has 4 N–H and O–H groups in total. The Bertz CT molecular complexity index is 489. The largest absolute Gasteiger partial charge is 0.365 e. The first-order valence-electron chi connectivity index (χ1n) is 4.04. The van der Waals surface area contributed by atoms with E-state index in [0.717, 1.165) is 5.56 Å². The fourth-order valence-corrected chi connectivity index (χ4v) is 1.19. The second kappa shape index (κ2) is 3.08. The quantitative estimate of drug-likeness (QED) is 0.654. The van der Waals surface area contributed by atoms with E-state index >= 15 is 0 Å². The van der Waals surface area contributed by atoms with E-state index in [1.165, 1.54) is 10.7 Å². The van der Waals surface area contributed by atoms with Gasteiger partial charge in [-0.25, -0.2) is 9.50 Å². The molecule has 0 fully saturated rings. The highest BCUT2D eigenvalue weighted by molar-refractivity contribution is 5.98. The zero-order chi connectivity index (χ0) is 10.1. The van der Waals surface area contributed by atoms with Crippen molar-refractivity contribution in [2.45, 2.75) is 6.54 Å². The van der Waals surface area contributed by atoms with Gasteiger partial charge in [-0.15, -0.1) is 0 Å². The van der Waals surface area contributed by atoms with E-state index in [1.54, 1.807) is 12.4 Å². The molecule has 0 unspecified atom stereocenters. The number of fused-ring (bicyclic) bond motifs is 1. The van der Waals surface area contributed by atoms with E-state index < -0.39 is 5.91 Å². The number of amides is 1. The average Bonchev–Trinajstić information content (AvgIpc) is 2.59. The highest BCUT2D eigenvalue weighted by Gasteiger charge is 2.10. The Labute approximate surface area is 79.5 Å². The van der Waals surface area contributed by atoms with Crippen LogP contribution in [0, 0.1) is 0 Å². The summed E-state index contributed by atoms with van der Waals surface area (Å²) < 4.78 is 1.49. The molecule has 6 nitrogen and oxygen atoms in total. The van der Waals surface area contributed by atoms with Crippen molar-refractivity contribution in [3.8, 4) is 0 Å². The van der Waals surface area contributed by atoms with Gasteiger partial charge in [-0.05, 0) is 0 Å². The van der Waals surface area contributed by atoms with Crippen LogP contribution in [0.3, 0.4) is 0 Å². The van der Waals surface area contributed by atoms with Gasteiger partial charge in [-0.3, -0.25) is 4.79 Å². The van der Waals surface area contributed by atoms with Crippen LogP contribution in [-0.4, -0.2) is 20.5 Å². The summed E-state index contributed by atoms with van der Waals surface area (Å²) in [5.41, 5.74) is 12.2. The van der Waals surface area contributed by atoms with Crippen molar-refractivity contribution in [3.63, 3.8) is 0 Å². The van der Waals surface area contributed by atoms with Gasteiger partial charge in [0.15, 0.2) is 5.65 Å². The number of carbonyl (C=O) groups excluding carboxylic acids is 1. The Morgan fingerprint density at radius 3 is 2.93 bits per heavy atom. The van der Waals surface area contributed by atoms with E-state index in [-0.39, 0.29) is 0 Å². The first-order chi connectivity index (χ1) is 6.72. The molecule has 0 spiro atoms. The lowest BCUT2D eigenvalue weighted by Crippen LogP contribution is -2.11. The summed E-state index contributed by atoms with van der Waals surface area (Å²) in [7, 11) is 0. The first-order valence-corrected chi connectivity index (χ1v) is 4.04. The lowest BCUT2D eigenvalue weighted by molar-refractivity contribution is 0.100. The summed E-state index contributed by atoms with van der Waals surface area (Å²) in [5, 5.41) is 3.95. The Kier molecular flexibility index (Phi) is 1.90. The van der Waals surface area contributed by atoms with Crippen molar-refractivity contribution in [3.05, 3.63) is 29.7 Å². The fourth-order valence-electron chi connectivity index (χ4n) is 1.19. The SMILES string of the molecule is NCc1cnc2c(C(N)=O)cnn2c1. The molecular weight excluding hydrogens is 182 g/mol. The molecular formula is C8H9N5O. The van der Waals surface area contributed by atoms with E-state index in [0.29, 0.717) is 17.8 Å². The van der Waals surface area contributed by atoms with Crippen LogP contribution in [0.1, 0.15) is 15.9 Å². The van der Waals surface area contributed by atoms with Crippen LogP contribution in [-0.2, 0) is 6.54 Å². The molecule has 0 radical (unpaired) electrons. The monoisotopic (exact) mass is 191 g/mol. The van der Waals surface area contributed by atoms with E-state index in [4.69, 9.17) is 11.5 Å². The van der Waals surface area contributed by atoms with Gasteiger partial charge in [0.2, 0.25) is 0 Å². The highest BCUT2D eigenvalue weighted by atomic mass is 16.1. The Morgan fingerprint density at radius 1 is 1.50 bits per heavy atom. The van der Waals surface area contributed by atoms with Crippen molar-refractivity contribution in [2.24, 2.45) is 11.5 Å². The maximum Gasteiger partial charge on any atom is 0.254 e. The van der Waals surface area contributed by atoms with Gasteiger partial charge in [0, 0.05) is 24.5 Å². The molecule has 0 atom stereocenters. The third kappa shape index (κ3) is 1.21. The van der Waals surface area contributed by atoms with Gasteiger partial charge in [0.25, 0.3) is 5.91 Å². The molecule has 0 saturated heterocycles. The number of aromatic nitrogens is 3. The summed E-state index contributed by atoms with van der Waals surface area (Å²) in [6, 6.07) is 0. The predicted molar refractivity (Wildman–Crippen MR) is 49.4 cm³/mol. The number of hydrogen-bond acceptors (Lipinski definition) is 4. The Balaban J connectivity index is 2.65. The topological polar surface area (TPSA) is 99.3 Å². The van der Waals surface area contributed by atoms with Crippen molar-refractivity contribution in [1.82, 2.24) is 14.6 Å². The van der Waals surface area contributed by atoms with E-state index in [9.17, 15) is 4.79 Å². The lowest BCUT2D eigenvalue weighted by Gasteiger charge is -1.97. The average molecular weight is 191 g/mol. The van der Waals surface area contributed by atoms with Crippen molar-refractivity contribution in [1.29, 1.82) is 0 Å². The zero-order valence-electron chi connectivity index (χ0n) is 7.34. The minimum Gasteiger partial charge on any atom is -0.365 e. The van der Waals surface area contributed by atoms with Crippen LogP contribution in [0.15, 0.2) is 18.6 Å². The molecule has 0 saturated carbocycles. The van der Waals surface area contributed by atoms with Crippen molar-refractivity contribution in [2.75, 3.05) is 0 Å². The number of primary amides is 1. The number of carbonyl (C=O) groups is 1. The third-order valence-electron chi connectivity index (χ3n) is 1.91. The predicted octanol–water partition coefficient (Wildman–Crippen LogP) is -0.713. The molecule has 2 aromatic heterocycles. The molecule has 1 amide bonds. The van der Waals surface area contributed by atoms with Crippen LogP contribution in [0.5, 0.6) is 0 Å². The first kappa shape index (κ1) is 8.64. The molecule has 0 aliphatic carbocycles. The fraction of sp³-hybridized carbons (Fsp3) is 0.125. The molecule has 0 aromatic carbocycles. The van der Waals surface area contributed by atoms with Gasteiger partial charge in [-0.1, -0.05) is 0 Å². The number of rotatable bonds is 2. The highest BCUT2D eigenvalue weighted by Crippen LogP contribution is 2.07. The normalized spacial score (nSPS) is 10.6. The standard InChI is InChI=1S/C8H9N5O/c9-1-5-2-11-8-6(7(10)14)3-12-13(8)4-5/h2-4H,1,9H2,(H2,10,14). The smallest absolute Gasteiger partial charge is 0.254 e. The Morgan fingerprint density at radius 2 is 2.29 bits per heavy atom. The molecule has 0 bridgehead atoms. The second-order valence-electron chi connectivity index (χ2n) is 2.86. The number of nitrogens with two attached hydrogens (primary N) is 2. The molecule has 2 heterocycles. The summed E-state index contributed by atoms with van der Waals surface area (Å²) in [6.07, 6.45) is 4.71. The molecule has 2 aromatic rings. The van der Waals surface area contributed by atoms with Gasteiger partial charge < -0.3 is 11.5 Å². The minimum absolute atomic E-state index is 0.313. The molecule has 0 aliphatic heterocycles. The van der Waals surface area contributed by atoms with Crippen LogP contribution in [0.2, 0.25) is 0 Å². The van der Waals surface area contributed by atoms with E-state index in [2.05, 4.69) is 10.1 Å². The van der Waals surface area contributed by atoms with E-state index in [1.807, 2.05) is 0 Å². The van der Waals surface area contributed by atoms with Gasteiger partial charge in [0.1, 0.15) is 5.56 Å². The van der Waals surface area contributed by atoms with Crippen LogP contribution < -0.4 is 11.5 Å². The maximum absolute atomic E-state index is 10.9. The molecule has 6 heteroatoms. The lowest BCUT2D eigenvalue weighted by atomic mass is 10.3. The number of nitrogens with zero attached hydrogens (tertiary/aromatic N) is 3. The molecule has 14 heavy (non-hydrogen) atoms. The summed E-state index contributed by atoms with van der Waals surface area (Å²) in [5.74, 6) is -0.534. The summed E-state index contributed by atoms with van der Waals surface area (Å²) >= 11 is 0. The molecule has 72 valence electrons. The van der Waals surface area contributed by atoms with Crippen molar-refractivity contribution < 1.29 is 4.79 Å². The van der Waals surface area contributed by atoms with Crippen LogP contribution >= 0.6 is 0 Å². The summed E-state index contributed by atoms with van der Waals surface area (Å²) in [6.45, 7) is 0.384. The maximum atomic E-state index is 10.9. The summed E-state index contributed by atoms with van der Waals surface area (Å²) in [4.78, 5) is 15.0. The minimum atomic E-state index is -0.534. The van der Waals surface area contributed by atoms with Gasteiger partial charge in [-0.2, -0.15) is 5.10 Å².